The van der Waals surface area contributed by atoms with Gasteiger partial charge in [-0.25, -0.2) is 4.68 Å². The van der Waals surface area contributed by atoms with Gasteiger partial charge in [0.1, 0.15) is 4.32 Å². The zero-order valence-corrected chi connectivity index (χ0v) is 21.0. The van der Waals surface area contributed by atoms with E-state index in [0.29, 0.717) is 39.3 Å². The van der Waals surface area contributed by atoms with Gasteiger partial charge < -0.3 is 4.74 Å². The summed E-state index contributed by atoms with van der Waals surface area (Å²) in [5, 5.41) is 16.3. The van der Waals surface area contributed by atoms with Crippen LogP contribution in [0.4, 0.5) is 5.69 Å². The van der Waals surface area contributed by atoms with Crippen molar-refractivity contribution < 1.29 is 14.5 Å². The molecule has 4 rings (SSSR count). The molecule has 2 heterocycles. The fraction of sp³-hybridized carbons (Fsp3) is 0.240. The van der Waals surface area contributed by atoms with Gasteiger partial charge >= 0.3 is 5.69 Å². The molecule has 35 heavy (non-hydrogen) atoms. The first kappa shape index (κ1) is 24.6. The largest absolute Gasteiger partial charge is 0.487 e. The monoisotopic (exact) mass is 508 g/mol. The molecule has 3 aromatic rings. The predicted molar refractivity (Wildman–Crippen MR) is 142 cm³/mol. The quantitative estimate of drug-likeness (QED) is 0.155. The minimum Gasteiger partial charge on any atom is -0.487 e. The molecule has 0 spiro atoms. The van der Waals surface area contributed by atoms with Crippen molar-refractivity contribution in [3.63, 3.8) is 0 Å². The number of para-hydroxylation sites is 1. The summed E-state index contributed by atoms with van der Waals surface area (Å²) in [6.45, 7) is 4.76. The number of hydrogen-bond acceptors (Lipinski definition) is 7. The lowest BCUT2D eigenvalue weighted by molar-refractivity contribution is -0.385. The predicted octanol–water partition coefficient (Wildman–Crippen LogP) is 5.85. The van der Waals surface area contributed by atoms with Crippen LogP contribution < -0.4 is 4.74 Å². The van der Waals surface area contributed by atoms with Gasteiger partial charge in [-0.2, -0.15) is 5.10 Å². The van der Waals surface area contributed by atoms with E-state index in [1.165, 1.54) is 17.8 Å². The molecule has 1 aliphatic heterocycles. The molecular formula is C25H24N4O4S2. The van der Waals surface area contributed by atoms with Gasteiger partial charge in [-0.1, -0.05) is 55.5 Å². The number of thiocarbonyl (C=S) groups is 1. The number of thioether (sulfide) groups is 1. The number of nitrogens with zero attached hydrogens (tertiary/aromatic N) is 4. The molecule has 0 bridgehead atoms. The van der Waals surface area contributed by atoms with Crippen LogP contribution in [-0.4, -0.2) is 43.0 Å². The Labute approximate surface area is 212 Å². The van der Waals surface area contributed by atoms with E-state index in [-0.39, 0.29) is 17.3 Å². The van der Waals surface area contributed by atoms with Crippen LogP contribution in [0.2, 0.25) is 0 Å². The minimum atomic E-state index is -0.467. The standard InChI is InChI=1S/C25H24N4O4S2/c1-3-5-13-27-24(30)23(35-25(27)34)16-19-15-20(26-28(19)18-9-7-6-8-10-18)17-11-12-22(33-4-2)21(14-17)29(31)32/h6-12,14-16H,3-5,13H2,1-2H3. The summed E-state index contributed by atoms with van der Waals surface area (Å²) in [7, 11) is 0. The smallest absolute Gasteiger partial charge is 0.311 e. The van der Waals surface area contributed by atoms with Crippen LogP contribution in [0.1, 0.15) is 32.4 Å². The molecule has 8 nitrogen and oxygen atoms in total. The number of unbranched alkanes of at least 4 members (excludes halogenated alkanes) is 1. The Morgan fingerprint density at radius 3 is 2.63 bits per heavy atom. The summed E-state index contributed by atoms with van der Waals surface area (Å²) >= 11 is 6.71. The second kappa shape index (κ2) is 10.8. The highest BCUT2D eigenvalue weighted by molar-refractivity contribution is 8.26. The number of benzene rings is 2. The molecule has 0 saturated carbocycles. The number of carbonyl (C=O) groups excluding carboxylic acids is 1. The molecule has 0 aliphatic carbocycles. The average Bonchev–Trinajstić information content (AvgIpc) is 3.39. The summed E-state index contributed by atoms with van der Waals surface area (Å²) in [6, 6.07) is 16.1. The zero-order chi connectivity index (χ0) is 24.9. The second-order valence-electron chi connectivity index (χ2n) is 7.76. The molecule has 1 saturated heterocycles. The van der Waals surface area contributed by atoms with E-state index in [9.17, 15) is 14.9 Å². The molecule has 180 valence electrons. The maximum absolute atomic E-state index is 13.0. The first-order valence-corrected chi connectivity index (χ1v) is 12.5. The Morgan fingerprint density at radius 2 is 1.94 bits per heavy atom. The van der Waals surface area contributed by atoms with E-state index in [1.807, 2.05) is 36.4 Å². The number of aromatic nitrogens is 2. The first-order valence-electron chi connectivity index (χ1n) is 11.2. The molecule has 0 unspecified atom stereocenters. The molecule has 0 radical (unpaired) electrons. The van der Waals surface area contributed by atoms with E-state index >= 15 is 0 Å². The average molecular weight is 509 g/mol. The van der Waals surface area contributed by atoms with Crippen molar-refractivity contribution in [3.8, 4) is 22.7 Å². The molecule has 10 heteroatoms. The topological polar surface area (TPSA) is 90.5 Å². The number of hydrogen-bond donors (Lipinski definition) is 0. The van der Waals surface area contributed by atoms with Crippen LogP contribution >= 0.6 is 24.0 Å². The third-order valence-corrected chi connectivity index (χ3v) is 6.75. The van der Waals surface area contributed by atoms with Gasteiger partial charge in [0, 0.05) is 18.2 Å². The maximum Gasteiger partial charge on any atom is 0.311 e. The van der Waals surface area contributed by atoms with Crippen molar-refractivity contribution in [2.45, 2.75) is 26.7 Å². The summed E-state index contributed by atoms with van der Waals surface area (Å²) in [5.41, 5.74) is 2.44. The lowest BCUT2D eigenvalue weighted by Gasteiger charge is -2.13. The van der Waals surface area contributed by atoms with Crippen LogP contribution in [-0.2, 0) is 4.79 Å². The zero-order valence-electron chi connectivity index (χ0n) is 19.3. The van der Waals surface area contributed by atoms with Crippen molar-refractivity contribution >= 4 is 46.0 Å². The van der Waals surface area contributed by atoms with Gasteiger partial charge in [0.25, 0.3) is 5.91 Å². The van der Waals surface area contributed by atoms with Crippen molar-refractivity contribution in [1.82, 2.24) is 14.7 Å². The Morgan fingerprint density at radius 1 is 1.17 bits per heavy atom. The Hall–Kier alpha value is -3.50. The van der Waals surface area contributed by atoms with Gasteiger partial charge in [0.15, 0.2) is 5.75 Å². The number of amides is 1. The SMILES string of the molecule is CCCCN1C(=O)C(=Cc2cc(-c3ccc(OCC)c([N+](=O)[O-])c3)nn2-c2ccccc2)SC1=S. The first-order chi connectivity index (χ1) is 16.9. The molecule has 1 amide bonds. The van der Waals surface area contributed by atoms with E-state index in [2.05, 4.69) is 6.92 Å². The van der Waals surface area contributed by atoms with E-state index in [0.717, 1.165) is 18.5 Å². The number of nitro groups is 1. The number of ether oxygens (including phenoxy) is 1. The van der Waals surface area contributed by atoms with Crippen molar-refractivity contribution in [3.05, 3.63) is 75.3 Å². The fourth-order valence-corrected chi connectivity index (χ4v) is 4.95. The van der Waals surface area contributed by atoms with Crippen LogP contribution in [0.5, 0.6) is 5.75 Å². The van der Waals surface area contributed by atoms with Crippen LogP contribution in [0, 0.1) is 10.1 Å². The Kier molecular flexibility index (Phi) is 7.62. The van der Waals surface area contributed by atoms with Gasteiger partial charge in [-0.15, -0.1) is 0 Å². The molecule has 2 aromatic carbocycles. The summed E-state index contributed by atoms with van der Waals surface area (Å²) in [5.74, 6) is 0.0900. The highest BCUT2D eigenvalue weighted by atomic mass is 32.2. The second-order valence-corrected chi connectivity index (χ2v) is 9.44. The van der Waals surface area contributed by atoms with Gasteiger partial charge in [-0.3, -0.25) is 19.8 Å². The van der Waals surface area contributed by atoms with Crippen LogP contribution in [0.25, 0.3) is 23.0 Å². The lowest BCUT2D eigenvalue weighted by Crippen LogP contribution is -2.28. The van der Waals surface area contributed by atoms with Crippen molar-refractivity contribution in [2.24, 2.45) is 0 Å². The summed E-state index contributed by atoms with van der Waals surface area (Å²) < 4.78 is 7.66. The normalized spacial score (nSPS) is 14.7. The van der Waals surface area contributed by atoms with Gasteiger partial charge in [0.05, 0.1) is 33.5 Å². The number of nitro benzene ring substituents is 1. The molecule has 0 atom stereocenters. The molecule has 0 N–H and O–H groups in total. The molecule has 1 aromatic heterocycles. The number of rotatable bonds is 9. The summed E-state index contributed by atoms with van der Waals surface area (Å²) in [4.78, 5) is 26.3. The minimum absolute atomic E-state index is 0.118. The van der Waals surface area contributed by atoms with Gasteiger partial charge in [-0.05, 0) is 49.8 Å². The van der Waals surface area contributed by atoms with Crippen molar-refractivity contribution in [2.75, 3.05) is 13.2 Å². The fourth-order valence-electron chi connectivity index (χ4n) is 3.66. The third-order valence-electron chi connectivity index (χ3n) is 5.38. The van der Waals surface area contributed by atoms with E-state index in [1.54, 1.807) is 34.7 Å². The maximum atomic E-state index is 13.0. The molecule has 1 aliphatic rings. The van der Waals surface area contributed by atoms with E-state index in [4.69, 9.17) is 22.1 Å². The van der Waals surface area contributed by atoms with Gasteiger partial charge in [0.2, 0.25) is 0 Å². The highest BCUT2D eigenvalue weighted by Crippen LogP contribution is 2.35. The Balaban J connectivity index is 1.78. The van der Waals surface area contributed by atoms with Crippen LogP contribution in [0.15, 0.2) is 59.5 Å². The van der Waals surface area contributed by atoms with Crippen LogP contribution in [0.3, 0.4) is 0 Å². The molecular weight excluding hydrogens is 484 g/mol. The third kappa shape index (κ3) is 5.28. The molecule has 1 fully saturated rings. The number of carbonyl (C=O) groups is 1. The van der Waals surface area contributed by atoms with E-state index < -0.39 is 4.92 Å². The Bertz CT molecular complexity index is 1300. The lowest BCUT2D eigenvalue weighted by atomic mass is 10.1. The highest BCUT2D eigenvalue weighted by Gasteiger charge is 2.32. The van der Waals surface area contributed by atoms with Crippen molar-refractivity contribution in [1.29, 1.82) is 0 Å². The summed E-state index contributed by atoms with van der Waals surface area (Å²) in [6.07, 6.45) is 3.62.